The Balaban J connectivity index is 0.00000191. The molecule has 0 aromatic rings. The number of rotatable bonds is 3. The van der Waals surface area contributed by atoms with Crippen molar-refractivity contribution < 1.29 is 0 Å². The van der Waals surface area contributed by atoms with Gasteiger partial charge in [0.2, 0.25) is 0 Å². The molecule has 0 N–H and O–H groups in total. The van der Waals surface area contributed by atoms with Gasteiger partial charge >= 0.3 is 0 Å². The molecule has 0 atom stereocenters. The Morgan fingerprint density at radius 3 is 2.33 bits per heavy atom. The minimum Gasteiger partial charge on any atom is -0.193 e. The van der Waals surface area contributed by atoms with Gasteiger partial charge < -0.3 is 0 Å². The zero-order chi connectivity index (χ0) is 16.5. The van der Waals surface area contributed by atoms with E-state index < -0.39 is 0 Å². The van der Waals surface area contributed by atoms with Gasteiger partial charge in [-0.15, -0.1) is 0 Å². The summed E-state index contributed by atoms with van der Waals surface area (Å²) in [5.74, 6) is 0. The van der Waals surface area contributed by atoms with Gasteiger partial charge in [-0.1, -0.05) is 58.9 Å². The van der Waals surface area contributed by atoms with E-state index in [0.29, 0.717) is 0 Å². The SMILES string of the molecule is C/C=C\C(=C/C)C1=C/C(=C(\C#N)CC)CC(C)(C)C1.CC. The Hall–Kier alpha value is -1.55. The first kappa shape index (κ1) is 19.4. The molecule has 116 valence electrons. The van der Waals surface area contributed by atoms with E-state index in [0.717, 1.165) is 24.8 Å². The van der Waals surface area contributed by atoms with Gasteiger partial charge in [-0.3, -0.25) is 0 Å². The van der Waals surface area contributed by atoms with E-state index in [1.807, 2.05) is 20.8 Å². The van der Waals surface area contributed by atoms with Gasteiger partial charge in [-0.2, -0.15) is 5.26 Å². The fourth-order valence-electron chi connectivity index (χ4n) is 2.73. The van der Waals surface area contributed by atoms with E-state index in [-0.39, 0.29) is 5.41 Å². The molecule has 21 heavy (non-hydrogen) atoms. The third-order valence-electron chi connectivity index (χ3n) is 3.59. The van der Waals surface area contributed by atoms with Crippen molar-refractivity contribution in [2.75, 3.05) is 0 Å². The topological polar surface area (TPSA) is 23.8 Å². The lowest BCUT2D eigenvalue weighted by atomic mass is 9.72. The van der Waals surface area contributed by atoms with Crippen molar-refractivity contribution in [3.05, 3.63) is 46.6 Å². The summed E-state index contributed by atoms with van der Waals surface area (Å²) in [7, 11) is 0. The number of nitrogens with zero attached hydrogens (tertiary/aromatic N) is 1. The summed E-state index contributed by atoms with van der Waals surface area (Å²) in [6, 6.07) is 2.37. The maximum Gasteiger partial charge on any atom is 0.0949 e. The monoisotopic (exact) mass is 285 g/mol. The summed E-state index contributed by atoms with van der Waals surface area (Å²) in [5, 5.41) is 9.27. The van der Waals surface area contributed by atoms with Crippen LogP contribution in [0.5, 0.6) is 0 Å². The van der Waals surface area contributed by atoms with Crippen LogP contribution in [0.15, 0.2) is 46.6 Å². The fourth-order valence-corrected chi connectivity index (χ4v) is 2.73. The Kier molecular flexibility index (Phi) is 8.70. The van der Waals surface area contributed by atoms with E-state index in [1.54, 1.807) is 0 Å². The predicted molar refractivity (Wildman–Crippen MR) is 93.9 cm³/mol. The molecule has 0 spiro atoms. The van der Waals surface area contributed by atoms with Crippen LogP contribution in [-0.4, -0.2) is 0 Å². The highest BCUT2D eigenvalue weighted by molar-refractivity contribution is 5.49. The van der Waals surface area contributed by atoms with Crippen molar-refractivity contribution in [2.24, 2.45) is 5.41 Å². The first-order valence-electron chi connectivity index (χ1n) is 8.09. The zero-order valence-electron chi connectivity index (χ0n) is 14.9. The highest BCUT2D eigenvalue weighted by Crippen LogP contribution is 2.41. The first-order valence-corrected chi connectivity index (χ1v) is 8.09. The summed E-state index contributed by atoms with van der Waals surface area (Å²) in [6.45, 7) is 14.7. The van der Waals surface area contributed by atoms with Crippen LogP contribution in [0.4, 0.5) is 0 Å². The normalized spacial score (nSPS) is 20.3. The largest absolute Gasteiger partial charge is 0.193 e. The highest BCUT2D eigenvalue weighted by atomic mass is 14.3. The van der Waals surface area contributed by atoms with Crippen molar-refractivity contribution in [2.45, 2.75) is 67.7 Å². The lowest BCUT2D eigenvalue weighted by molar-refractivity contribution is 0.353. The standard InChI is InChI=1S/C18H25N.C2H6/c1-6-9-14(7-2)16-10-17(15(8-3)13-19)12-18(4,5)11-16;1-2/h6-7,9-10H,8,11-12H2,1-5H3;1-2H3/b9-6-,14-7+,17-15+;. The van der Waals surface area contributed by atoms with E-state index in [9.17, 15) is 5.26 Å². The van der Waals surface area contributed by atoms with Crippen molar-refractivity contribution in [3.63, 3.8) is 0 Å². The average Bonchev–Trinajstić information content (AvgIpc) is 2.46. The number of hydrogen-bond acceptors (Lipinski definition) is 1. The van der Waals surface area contributed by atoms with Crippen LogP contribution in [-0.2, 0) is 0 Å². The van der Waals surface area contributed by atoms with E-state index >= 15 is 0 Å². The molecule has 0 aliphatic heterocycles. The van der Waals surface area contributed by atoms with Crippen LogP contribution >= 0.6 is 0 Å². The molecule has 0 bridgehead atoms. The van der Waals surface area contributed by atoms with Crippen molar-refractivity contribution in [1.29, 1.82) is 5.26 Å². The molecule has 0 saturated carbocycles. The minimum atomic E-state index is 0.229. The molecule has 0 aromatic heterocycles. The fraction of sp³-hybridized carbons (Fsp3) is 0.550. The molecule has 0 unspecified atom stereocenters. The second-order valence-corrected chi connectivity index (χ2v) is 5.90. The van der Waals surface area contributed by atoms with Gasteiger partial charge in [0.05, 0.1) is 6.07 Å². The molecule has 1 rings (SSSR count). The van der Waals surface area contributed by atoms with E-state index in [1.165, 1.54) is 16.7 Å². The number of nitriles is 1. The lowest BCUT2D eigenvalue weighted by Crippen LogP contribution is -2.18. The van der Waals surface area contributed by atoms with E-state index in [4.69, 9.17) is 0 Å². The van der Waals surface area contributed by atoms with Crippen molar-refractivity contribution in [1.82, 2.24) is 0 Å². The maximum atomic E-state index is 9.27. The van der Waals surface area contributed by atoms with Crippen molar-refractivity contribution in [3.8, 4) is 6.07 Å². The molecule has 1 heteroatoms. The van der Waals surface area contributed by atoms with Gasteiger partial charge in [0, 0.05) is 5.57 Å². The second-order valence-electron chi connectivity index (χ2n) is 5.90. The third-order valence-corrected chi connectivity index (χ3v) is 3.59. The molecule has 1 aliphatic rings. The molecular formula is C20H31N. The van der Waals surface area contributed by atoms with Crippen LogP contribution in [0.25, 0.3) is 0 Å². The molecule has 0 saturated heterocycles. The highest BCUT2D eigenvalue weighted by Gasteiger charge is 2.27. The first-order chi connectivity index (χ1) is 9.97. The van der Waals surface area contributed by atoms with Crippen LogP contribution in [0, 0.1) is 16.7 Å². The summed E-state index contributed by atoms with van der Waals surface area (Å²) >= 11 is 0. The molecule has 1 aliphatic carbocycles. The summed E-state index contributed by atoms with van der Waals surface area (Å²) in [5.41, 5.74) is 5.02. The number of allylic oxidation sites excluding steroid dienone is 8. The van der Waals surface area contributed by atoms with Crippen LogP contribution in [0.3, 0.4) is 0 Å². The Labute approximate surface area is 131 Å². The molecular weight excluding hydrogens is 254 g/mol. The average molecular weight is 285 g/mol. The van der Waals surface area contributed by atoms with Gasteiger partial charge in [0.1, 0.15) is 0 Å². The molecule has 1 nitrogen and oxygen atoms in total. The Morgan fingerprint density at radius 2 is 1.90 bits per heavy atom. The minimum absolute atomic E-state index is 0.229. The van der Waals surface area contributed by atoms with Gasteiger partial charge in [-0.25, -0.2) is 0 Å². The third kappa shape index (κ3) is 5.76. The summed E-state index contributed by atoms with van der Waals surface area (Å²) in [6.07, 6.45) is 11.5. The van der Waals surface area contributed by atoms with Crippen molar-refractivity contribution >= 4 is 0 Å². The second kappa shape index (κ2) is 9.40. The van der Waals surface area contributed by atoms with Crippen LogP contribution in [0.1, 0.15) is 67.7 Å². The summed E-state index contributed by atoms with van der Waals surface area (Å²) < 4.78 is 0. The molecule has 0 fully saturated rings. The van der Waals surface area contributed by atoms with Gasteiger partial charge in [0.15, 0.2) is 0 Å². The Morgan fingerprint density at radius 1 is 1.29 bits per heavy atom. The molecule has 0 aromatic carbocycles. The van der Waals surface area contributed by atoms with Crippen LogP contribution < -0.4 is 0 Å². The molecule has 0 radical (unpaired) electrons. The molecule has 0 heterocycles. The quantitative estimate of drug-likeness (QED) is 0.428. The van der Waals surface area contributed by atoms with Gasteiger partial charge in [0.25, 0.3) is 0 Å². The van der Waals surface area contributed by atoms with E-state index in [2.05, 4.69) is 58.1 Å². The summed E-state index contributed by atoms with van der Waals surface area (Å²) in [4.78, 5) is 0. The molecule has 0 amide bonds. The smallest absolute Gasteiger partial charge is 0.0949 e. The van der Waals surface area contributed by atoms with Gasteiger partial charge in [-0.05, 0) is 55.2 Å². The predicted octanol–water partition coefficient (Wildman–Crippen LogP) is 6.51. The lowest BCUT2D eigenvalue weighted by Gasteiger charge is -2.32. The number of hydrogen-bond donors (Lipinski definition) is 0. The van der Waals surface area contributed by atoms with Crippen LogP contribution in [0.2, 0.25) is 0 Å². The maximum absolute atomic E-state index is 9.27. The Bertz CT molecular complexity index is 490. The zero-order valence-corrected chi connectivity index (χ0v) is 14.9.